The summed E-state index contributed by atoms with van der Waals surface area (Å²) in [6.07, 6.45) is 1.12. The maximum Gasteiger partial charge on any atom is 0.365 e. The summed E-state index contributed by atoms with van der Waals surface area (Å²) in [5.74, 6) is -2.63. The number of nitrogens with one attached hydrogen (secondary N) is 1. The highest BCUT2D eigenvalue weighted by Gasteiger charge is 2.46. The quantitative estimate of drug-likeness (QED) is 0.357. The van der Waals surface area contributed by atoms with Crippen molar-refractivity contribution >= 4 is 40.8 Å². The largest absolute Gasteiger partial charge is 0.462 e. The second-order valence-electron chi connectivity index (χ2n) is 5.79. The maximum absolute atomic E-state index is 14.0. The number of hydrogen-bond donors (Lipinski definition) is 1. The molecule has 1 saturated carbocycles. The number of carbonyl (C=O) groups excluding carboxylic acids is 2. The molecule has 6 nitrogen and oxygen atoms in total. The summed E-state index contributed by atoms with van der Waals surface area (Å²) in [5.41, 5.74) is -5.48. The lowest BCUT2D eigenvalue weighted by atomic mass is 10.0. The van der Waals surface area contributed by atoms with E-state index in [0.29, 0.717) is 12.8 Å². The molecule has 1 N–H and O–H groups in total. The number of pyridine rings is 1. The summed E-state index contributed by atoms with van der Waals surface area (Å²) in [6.45, 7) is 2.39. The van der Waals surface area contributed by atoms with Gasteiger partial charge in [0.05, 0.1) is 18.9 Å². The Morgan fingerprint density at radius 3 is 1.68 bits per heavy atom. The Morgan fingerprint density at radius 2 is 1.39 bits per heavy atom. The van der Waals surface area contributed by atoms with E-state index in [1.807, 2.05) is 0 Å². The van der Waals surface area contributed by atoms with E-state index in [2.05, 4.69) is 10.3 Å². The van der Waals surface area contributed by atoms with Crippen LogP contribution in [0.5, 0.6) is 0 Å². The second kappa shape index (κ2) is 8.28. The Morgan fingerprint density at radius 1 is 1.00 bits per heavy atom. The first-order valence-corrected chi connectivity index (χ1v) is 9.00. The summed E-state index contributed by atoms with van der Waals surface area (Å²) < 4.78 is 65.3. The lowest BCUT2D eigenvalue weighted by Gasteiger charge is -2.23. The molecule has 0 bridgehead atoms. The number of hydrogen-bond acceptors (Lipinski definition) is 6. The molecule has 0 amide bonds. The van der Waals surface area contributed by atoms with Gasteiger partial charge in [0.25, 0.3) is 0 Å². The molecule has 12 heteroatoms. The molecule has 1 aliphatic rings. The SMILES string of the molecule is CCOC(=O)c1c(C(F)(F)Cl)nc(C(F)(F)Cl)c(C(=O)OCC)c1NC1CC1. The summed E-state index contributed by atoms with van der Waals surface area (Å²) in [5, 5.41) is -6.02. The highest BCUT2D eigenvalue weighted by atomic mass is 35.5. The normalized spacial score (nSPS) is 14.6. The number of anilines is 1. The van der Waals surface area contributed by atoms with Crippen LogP contribution in [0.25, 0.3) is 0 Å². The van der Waals surface area contributed by atoms with Crippen molar-refractivity contribution in [2.24, 2.45) is 0 Å². The van der Waals surface area contributed by atoms with Gasteiger partial charge in [-0.2, -0.15) is 17.6 Å². The van der Waals surface area contributed by atoms with Crippen LogP contribution >= 0.6 is 23.2 Å². The molecule has 0 radical (unpaired) electrons. The number of esters is 2. The molecule has 1 aliphatic carbocycles. The molecule has 0 aromatic carbocycles. The fraction of sp³-hybridized carbons (Fsp3) is 0.562. The van der Waals surface area contributed by atoms with Crippen LogP contribution in [-0.4, -0.2) is 36.2 Å². The van der Waals surface area contributed by atoms with Crippen molar-refractivity contribution in [3.8, 4) is 0 Å². The zero-order valence-electron chi connectivity index (χ0n) is 14.8. The molecular weight excluding hydrogens is 431 g/mol. The minimum absolute atomic E-state index is 0.211. The Labute approximate surface area is 167 Å². The van der Waals surface area contributed by atoms with Crippen molar-refractivity contribution in [1.29, 1.82) is 0 Å². The van der Waals surface area contributed by atoms with Crippen molar-refractivity contribution in [3.05, 3.63) is 22.5 Å². The van der Waals surface area contributed by atoms with Crippen LogP contribution < -0.4 is 5.32 Å². The van der Waals surface area contributed by atoms with Crippen LogP contribution in [0.4, 0.5) is 23.2 Å². The lowest BCUT2D eigenvalue weighted by molar-refractivity contribution is 0.0467. The fourth-order valence-corrected chi connectivity index (χ4v) is 2.65. The fourth-order valence-electron chi connectivity index (χ4n) is 2.38. The van der Waals surface area contributed by atoms with E-state index in [4.69, 9.17) is 32.7 Å². The van der Waals surface area contributed by atoms with Gasteiger partial charge in [-0.15, -0.1) is 0 Å². The number of rotatable bonds is 8. The molecular formula is C16H16Cl2F4N2O4. The van der Waals surface area contributed by atoms with E-state index in [-0.39, 0.29) is 19.3 Å². The van der Waals surface area contributed by atoms with E-state index in [1.165, 1.54) is 13.8 Å². The van der Waals surface area contributed by atoms with Crippen LogP contribution in [-0.2, 0) is 20.2 Å². The van der Waals surface area contributed by atoms with E-state index in [1.54, 1.807) is 0 Å². The Bertz CT molecular complexity index is 723. The molecule has 0 saturated heterocycles. The number of nitrogens with zero attached hydrogens (tertiary/aromatic N) is 1. The predicted molar refractivity (Wildman–Crippen MR) is 92.3 cm³/mol. The van der Waals surface area contributed by atoms with E-state index in [9.17, 15) is 27.2 Å². The summed E-state index contributed by atoms with van der Waals surface area (Å²) in [6, 6.07) is -0.336. The minimum atomic E-state index is -4.33. The van der Waals surface area contributed by atoms with Crippen LogP contribution in [0, 0.1) is 0 Å². The zero-order chi connectivity index (χ0) is 21.3. The van der Waals surface area contributed by atoms with Crippen molar-refractivity contribution < 1.29 is 36.6 Å². The van der Waals surface area contributed by atoms with Crippen molar-refractivity contribution in [2.75, 3.05) is 18.5 Å². The second-order valence-corrected chi connectivity index (χ2v) is 6.74. The highest BCUT2D eigenvalue weighted by molar-refractivity contribution is 6.24. The smallest absolute Gasteiger partial charge is 0.365 e. The zero-order valence-corrected chi connectivity index (χ0v) is 16.3. The third-order valence-electron chi connectivity index (χ3n) is 3.62. The van der Waals surface area contributed by atoms with Crippen LogP contribution in [0.15, 0.2) is 0 Å². The maximum atomic E-state index is 14.0. The topological polar surface area (TPSA) is 77.5 Å². The number of alkyl halides is 6. The summed E-state index contributed by atoms with van der Waals surface area (Å²) >= 11 is 10.0. The number of halogens is 6. The molecule has 1 heterocycles. The van der Waals surface area contributed by atoms with Gasteiger partial charge in [0.2, 0.25) is 0 Å². The number of aromatic nitrogens is 1. The first kappa shape index (κ1) is 22.5. The van der Waals surface area contributed by atoms with Gasteiger partial charge < -0.3 is 14.8 Å². The first-order valence-electron chi connectivity index (χ1n) is 8.24. The third kappa shape index (κ3) is 4.96. The predicted octanol–water partition coefficient (Wildman–Crippen LogP) is 4.59. The van der Waals surface area contributed by atoms with Crippen molar-refractivity contribution in [3.63, 3.8) is 0 Å². The molecule has 0 unspecified atom stereocenters. The van der Waals surface area contributed by atoms with Gasteiger partial charge in [0.1, 0.15) is 22.5 Å². The van der Waals surface area contributed by atoms with Crippen LogP contribution in [0.1, 0.15) is 58.8 Å². The van der Waals surface area contributed by atoms with E-state index >= 15 is 0 Å². The lowest BCUT2D eigenvalue weighted by Crippen LogP contribution is -2.27. The van der Waals surface area contributed by atoms with Gasteiger partial charge in [-0.25, -0.2) is 14.6 Å². The van der Waals surface area contributed by atoms with Gasteiger partial charge in [-0.1, -0.05) is 0 Å². The molecule has 1 aromatic rings. The Balaban J connectivity index is 2.92. The Hall–Kier alpha value is -1.81. The summed E-state index contributed by atoms with van der Waals surface area (Å²) in [7, 11) is 0. The van der Waals surface area contributed by atoms with Crippen LogP contribution in [0.3, 0.4) is 0 Å². The molecule has 0 aliphatic heterocycles. The monoisotopic (exact) mass is 446 g/mol. The van der Waals surface area contributed by atoms with Crippen molar-refractivity contribution in [2.45, 2.75) is 43.5 Å². The molecule has 1 aromatic heterocycles. The molecule has 156 valence electrons. The molecule has 0 atom stereocenters. The standard InChI is InChI=1S/C16H16Cl2F4N2O4/c1-3-27-13(25)8-10(23-7-5-6-7)9(14(26)28-4-2)12(16(18,21)22)24-11(8)15(17,19)20/h7H,3-6H2,1-2H3,(H,23,24). The Kier molecular flexibility index (Phi) is 6.65. The average Bonchev–Trinajstić information content (AvgIpc) is 3.36. The van der Waals surface area contributed by atoms with Gasteiger partial charge in [-0.3, -0.25) is 0 Å². The highest BCUT2D eigenvalue weighted by Crippen LogP contribution is 2.44. The third-order valence-corrected chi connectivity index (χ3v) is 3.98. The van der Waals surface area contributed by atoms with Crippen molar-refractivity contribution in [1.82, 2.24) is 4.98 Å². The molecule has 0 spiro atoms. The molecule has 1 fully saturated rings. The minimum Gasteiger partial charge on any atom is -0.462 e. The molecule has 28 heavy (non-hydrogen) atoms. The average molecular weight is 447 g/mol. The van der Waals surface area contributed by atoms with Gasteiger partial charge in [0.15, 0.2) is 0 Å². The van der Waals surface area contributed by atoms with Gasteiger partial charge >= 0.3 is 22.7 Å². The molecule has 2 rings (SSSR count). The number of carbonyl (C=O) groups is 2. The summed E-state index contributed by atoms with van der Waals surface area (Å²) in [4.78, 5) is 27.8. The first-order chi connectivity index (χ1) is 12.9. The van der Waals surface area contributed by atoms with E-state index < -0.39 is 50.9 Å². The van der Waals surface area contributed by atoms with Gasteiger partial charge in [0, 0.05) is 6.04 Å². The van der Waals surface area contributed by atoms with E-state index in [0.717, 1.165) is 0 Å². The van der Waals surface area contributed by atoms with Gasteiger partial charge in [-0.05, 0) is 49.9 Å². The number of ether oxygens (including phenoxy) is 2. The van der Waals surface area contributed by atoms with Crippen LogP contribution in [0.2, 0.25) is 0 Å².